The Balaban J connectivity index is 1.53. The Bertz CT molecular complexity index is 714. The van der Waals surface area contributed by atoms with E-state index >= 15 is 0 Å². The summed E-state index contributed by atoms with van der Waals surface area (Å²) in [5.41, 5.74) is 7.96. The molecule has 2 aliphatic rings. The molecule has 0 saturated heterocycles. The molecule has 4 unspecified atom stereocenters. The monoisotopic (exact) mass is 361 g/mol. The first kappa shape index (κ1) is 18.9. The molecule has 0 bridgehead atoms. The Morgan fingerprint density at radius 3 is 2.81 bits per heavy atom. The smallest absolute Gasteiger partial charge is 0.332 e. The standard InChI is InChI=1S/C20H27NO5/c1-11-3-5-14(12(2)7-11)18(22)6-4-13-8-15-16(20(13)25)9-17(15)21-26-10-19(23)24/h3,5,7,13,16,18,20-22,25H,4,6,8-10H2,1-2H3,(H,23,24). The minimum Gasteiger partial charge on any atom is -0.479 e. The predicted octanol–water partition coefficient (Wildman–Crippen LogP) is 2.38. The van der Waals surface area contributed by atoms with E-state index in [1.54, 1.807) is 0 Å². The first-order chi connectivity index (χ1) is 12.4. The third kappa shape index (κ3) is 3.92. The molecule has 0 aromatic heterocycles. The number of hydrogen-bond donors (Lipinski definition) is 4. The van der Waals surface area contributed by atoms with E-state index in [9.17, 15) is 15.0 Å². The zero-order chi connectivity index (χ0) is 18.8. The summed E-state index contributed by atoms with van der Waals surface area (Å²) in [6, 6.07) is 6.06. The molecule has 2 aliphatic carbocycles. The Morgan fingerprint density at radius 1 is 1.35 bits per heavy atom. The molecule has 0 spiro atoms. The normalized spacial score (nSPS) is 25.6. The highest BCUT2D eigenvalue weighted by molar-refractivity contribution is 5.67. The van der Waals surface area contributed by atoms with Crippen LogP contribution in [0, 0.1) is 25.7 Å². The van der Waals surface area contributed by atoms with Gasteiger partial charge >= 0.3 is 5.97 Å². The van der Waals surface area contributed by atoms with Gasteiger partial charge in [-0.2, -0.15) is 0 Å². The second-order valence-corrected chi connectivity index (χ2v) is 7.51. The van der Waals surface area contributed by atoms with Gasteiger partial charge in [-0.1, -0.05) is 23.8 Å². The van der Waals surface area contributed by atoms with Crippen molar-refractivity contribution in [1.29, 1.82) is 0 Å². The maximum absolute atomic E-state index is 10.5. The number of carboxylic acids is 1. The van der Waals surface area contributed by atoms with Gasteiger partial charge in [-0.05, 0) is 62.1 Å². The van der Waals surface area contributed by atoms with Crippen LogP contribution >= 0.6 is 0 Å². The summed E-state index contributed by atoms with van der Waals surface area (Å²) in [5, 5.41) is 29.6. The highest BCUT2D eigenvalue weighted by Gasteiger charge is 2.45. The van der Waals surface area contributed by atoms with Crippen LogP contribution in [0.5, 0.6) is 0 Å². The summed E-state index contributed by atoms with van der Waals surface area (Å²) in [5.74, 6) is -0.771. The number of allylic oxidation sites excluding steroid dienone is 1. The number of hydrogen-bond acceptors (Lipinski definition) is 5. The molecule has 1 aromatic carbocycles. The van der Waals surface area contributed by atoms with Crippen LogP contribution in [0.25, 0.3) is 0 Å². The zero-order valence-corrected chi connectivity index (χ0v) is 15.2. The lowest BCUT2D eigenvalue weighted by Crippen LogP contribution is -2.32. The van der Waals surface area contributed by atoms with Gasteiger partial charge in [0.25, 0.3) is 0 Å². The molecular formula is C20H27NO5. The maximum Gasteiger partial charge on any atom is 0.332 e. The van der Waals surface area contributed by atoms with E-state index in [0.29, 0.717) is 12.8 Å². The van der Waals surface area contributed by atoms with Crippen LogP contribution in [0.4, 0.5) is 0 Å². The number of aryl methyl sites for hydroxylation is 2. The Labute approximate surface area is 153 Å². The summed E-state index contributed by atoms with van der Waals surface area (Å²) in [7, 11) is 0. The average molecular weight is 361 g/mol. The van der Waals surface area contributed by atoms with Gasteiger partial charge in [0.1, 0.15) is 0 Å². The van der Waals surface area contributed by atoms with E-state index < -0.39 is 24.8 Å². The number of carboxylic acid groups (broad SMARTS) is 1. The van der Waals surface area contributed by atoms with Crippen molar-refractivity contribution < 1.29 is 25.0 Å². The van der Waals surface area contributed by atoms with Crippen molar-refractivity contribution in [1.82, 2.24) is 5.48 Å². The third-order valence-corrected chi connectivity index (χ3v) is 5.62. The average Bonchev–Trinajstić information content (AvgIpc) is 2.80. The van der Waals surface area contributed by atoms with Crippen molar-refractivity contribution in [3.8, 4) is 0 Å². The van der Waals surface area contributed by atoms with Crippen molar-refractivity contribution in [3.63, 3.8) is 0 Å². The van der Waals surface area contributed by atoms with Gasteiger partial charge in [0.2, 0.25) is 0 Å². The lowest BCUT2D eigenvalue weighted by atomic mass is 9.83. The highest BCUT2D eigenvalue weighted by atomic mass is 16.7. The second kappa shape index (κ2) is 7.78. The Hall–Kier alpha value is -1.89. The van der Waals surface area contributed by atoms with Crippen LogP contribution in [0.1, 0.15) is 48.5 Å². The Kier molecular flexibility index (Phi) is 5.65. The molecule has 1 aromatic rings. The van der Waals surface area contributed by atoms with Crippen molar-refractivity contribution >= 4 is 5.97 Å². The third-order valence-electron chi connectivity index (χ3n) is 5.62. The van der Waals surface area contributed by atoms with Gasteiger partial charge in [-0.25, -0.2) is 4.79 Å². The number of carbonyl (C=O) groups is 1. The van der Waals surface area contributed by atoms with Crippen molar-refractivity contribution in [3.05, 3.63) is 46.2 Å². The molecular weight excluding hydrogens is 334 g/mol. The molecule has 142 valence electrons. The molecule has 0 heterocycles. The number of aliphatic hydroxyl groups excluding tert-OH is 2. The van der Waals surface area contributed by atoms with Gasteiger partial charge in [0, 0.05) is 11.6 Å². The van der Waals surface area contributed by atoms with Crippen LogP contribution in [-0.4, -0.2) is 34.0 Å². The molecule has 0 aliphatic heterocycles. The van der Waals surface area contributed by atoms with Crippen LogP contribution in [0.15, 0.2) is 29.5 Å². The minimum absolute atomic E-state index is 0.120. The molecule has 6 heteroatoms. The Morgan fingerprint density at radius 2 is 2.12 bits per heavy atom. The number of aliphatic hydroxyl groups is 2. The SMILES string of the molecule is Cc1ccc(C(O)CCC2CC3=C(NOCC(=O)O)CC3C2O)c(C)c1. The van der Waals surface area contributed by atoms with Crippen LogP contribution in [0.2, 0.25) is 0 Å². The van der Waals surface area contributed by atoms with E-state index in [2.05, 4.69) is 11.5 Å². The van der Waals surface area contributed by atoms with Crippen LogP contribution in [-0.2, 0) is 9.63 Å². The molecule has 6 nitrogen and oxygen atoms in total. The van der Waals surface area contributed by atoms with Gasteiger partial charge < -0.3 is 15.3 Å². The fourth-order valence-electron chi connectivity index (χ4n) is 4.19. The molecule has 1 saturated carbocycles. The fourth-order valence-corrected chi connectivity index (χ4v) is 4.19. The number of hydroxylamine groups is 1. The summed E-state index contributed by atoms with van der Waals surface area (Å²) < 4.78 is 0. The quantitative estimate of drug-likeness (QED) is 0.531. The van der Waals surface area contributed by atoms with Crippen molar-refractivity contribution in [2.24, 2.45) is 11.8 Å². The van der Waals surface area contributed by atoms with Crippen molar-refractivity contribution in [2.45, 2.75) is 51.7 Å². The fraction of sp³-hybridized carbons (Fsp3) is 0.550. The summed E-state index contributed by atoms with van der Waals surface area (Å²) >= 11 is 0. The molecule has 4 atom stereocenters. The number of benzene rings is 1. The van der Waals surface area contributed by atoms with E-state index in [-0.39, 0.29) is 11.8 Å². The van der Waals surface area contributed by atoms with Crippen LogP contribution in [0.3, 0.4) is 0 Å². The predicted molar refractivity (Wildman–Crippen MR) is 96.1 cm³/mol. The minimum atomic E-state index is -1.02. The van der Waals surface area contributed by atoms with Gasteiger partial charge in [0.15, 0.2) is 6.61 Å². The first-order valence-electron chi connectivity index (χ1n) is 9.11. The second-order valence-electron chi connectivity index (χ2n) is 7.51. The number of fused-ring (bicyclic) bond motifs is 1. The van der Waals surface area contributed by atoms with E-state index in [4.69, 9.17) is 9.94 Å². The number of rotatable bonds is 8. The molecule has 3 rings (SSSR count). The molecule has 0 radical (unpaired) electrons. The maximum atomic E-state index is 10.5. The van der Waals surface area contributed by atoms with E-state index in [1.165, 1.54) is 5.56 Å². The summed E-state index contributed by atoms with van der Waals surface area (Å²) in [4.78, 5) is 15.4. The topological polar surface area (TPSA) is 99.0 Å². The van der Waals surface area contributed by atoms with Crippen LogP contribution < -0.4 is 5.48 Å². The van der Waals surface area contributed by atoms with Gasteiger partial charge in [-0.3, -0.25) is 10.3 Å². The molecule has 26 heavy (non-hydrogen) atoms. The molecule has 0 amide bonds. The molecule has 1 fully saturated rings. The first-order valence-corrected chi connectivity index (χ1v) is 9.11. The van der Waals surface area contributed by atoms with Crippen molar-refractivity contribution in [2.75, 3.05) is 6.61 Å². The lowest BCUT2D eigenvalue weighted by molar-refractivity contribution is -0.144. The van der Waals surface area contributed by atoms with Gasteiger partial charge in [-0.15, -0.1) is 0 Å². The highest BCUT2D eigenvalue weighted by Crippen LogP contribution is 2.50. The lowest BCUT2D eigenvalue weighted by Gasteiger charge is -2.30. The molecule has 4 N–H and O–H groups in total. The van der Waals surface area contributed by atoms with Gasteiger partial charge in [0.05, 0.1) is 12.2 Å². The van der Waals surface area contributed by atoms with E-state index in [0.717, 1.165) is 35.2 Å². The summed E-state index contributed by atoms with van der Waals surface area (Å²) in [6.07, 6.45) is 1.90. The summed E-state index contributed by atoms with van der Waals surface area (Å²) in [6.45, 7) is 3.65. The largest absolute Gasteiger partial charge is 0.479 e. The number of nitrogens with one attached hydrogen (secondary N) is 1. The van der Waals surface area contributed by atoms with E-state index in [1.807, 2.05) is 26.0 Å². The zero-order valence-electron chi connectivity index (χ0n) is 15.2. The number of aliphatic carboxylic acids is 1.